The van der Waals surface area contributed by atoms with Crippen LogP contribution in [-0.4, -0.2) is 48.0 Å². The van der Waals surface area contributed by atoms with Crippen LogP contribution in [0.1, 0.15) is 42.4 Å². The Bertz CT molecular complexity index is 951. The minimum absolute atomic E-state index is 0.0655. The van der Waals surface area contributed by atoms with E-state index in [0.29, 0.717) is 32.2 Å². The molecule has 3 aliphatic heterocycles. The van der Waals surface area contributed by atoms with Crippen molar-refractivity contribution in [2.45, 2.75) is 38.8 Å². The van der Waals surface area contributed by atoms with E-state index in [2.05, 4.69) is 29.6 Å². The number of anilines is 1. The molecule has 0 aliphatic carbocycles. The van der Waals surface area contributed by atoms with Crippen LogP contribution in [0.2, 0.25) is 0 Å². The zero-order valence-electron chi connectivity index (χ0n) is 18.0. The number of rotatable bonds is 3. The van der Waals surface area contributed by atoms with Crippen molar-refractivity contribution in [3.8, 4) is 0 Å². The Kier molecular flexibility index (Phi) is 5.18. The van der Waals surface area contributed by atoms with Crippen molar-refractivity contribution >= 4 is 17.6 Å². The third-order valence-corrected chi connectivity index (χ3v) is 6.90. The van der Waals surface area contributed by atoms with Crippen LogP contribution in [0.15, 0.2) is 48.5 Å². The Balaban J connectivity index is 1.14. The van der Waals surface area contributed by atoms with Crippen LogP contribution in [0, 0.1) is 5.41 Å². The minimum atomic E-state index is -0.316. The van der Waals surface area contributed by atoms with E-state index in [9.17, 15) is 9.59 Å². The molecule has 0 atom stereocenters. The zero-order chi connectivity index (χ0) is 21.4. The molecule has 162 valence electrons. The van der Waals surface area contributed by atoms with Gasteiger partial charge >= 0.3 is 6.03 Å². The summed E-state index contributed by atoms with van der Waals surface area (Å²) in [6, 6.07) is 16.3. The predicted molar refractivity (Wildman–Crippen MR) is 119 cm³/mol. The summed E-state index contributed by atoms with van der Waals surface area (Å²) in [5.74, 6) is 0.687. The second-order valence-corrected chi connectivity index (χ2v) is 9.30. The summed E-state index contributed by atoms with van der Waals surface area (Å²) in [7, 11) is 0. The van der Waals surface area contributed by atoms with Crippen LogP contribution < -0.4 is 5.32 Å². The summed E-state index contributed by atoms with van der Waals surface area (Å²) in [5.41, 5.74) is 4.21. The van der Waals surface area contributed by atoms with E-state index in [0.717, 1.165) is 31.6 Å². The van der Waals surface area contributed by atoms with Gasteiger partial charge in [0.05, 0.1) is 18.6 Å². The number of carbonyl (C=O) groups excluding carboxylic acids is 2. The highest BCUT2D eigenvalue weighted by Crippen LogP contribution is 2.34. The number of hydrogen-bond donors (Lipinski definition) is 1. The van der Waals surface area contributed by atoms with Gasteiger partial charge in [-0.1, -0.05) is 36.4 Å². The van der Waals surface area contributed by atoms with E-state index >= 15 is 0 Å². The molecule has 0 spiro atoms. The number of carbonyl (C=O) groups is 2. The molecule has 3 aliphatic rings. The van der Waals surface area contributed by atoms with Crippen molar-refractivity contribution in [1.29, 1.82) is 0 Å². The summed E-state index contributed by atoms with van der Waals surface area (Å²) in [5, 5.41) is 3.02. The Morgan fingerprint density at radius 3 is 2.10 bits per heavy atom. The molecule has 2 fully saturated rings. The van der Waals surface area contributed by atoms with Crippen LogP contribution in [0.25, 0.3) is 0 Å². The van der Waals surface area contributed by atoms with E-state index in [1.165, 1.54) is 16.7 Å². The van der Waals surface area contributed by atoms with Gasteiger partial charge in [0.25, 0.3) is 0 Å². The first-order valence-corrected chi connectivity index (χ1v) is 11.1. The molecule has 6 nitrogen and oxygen atoms in total. The third-order valence-electron chi connectivity index (χ3n) is 6.90. The van der Waals surface area contributed by atoms with Crippen LogP contribution in [0.5, 0.6) is 0 Å². The van der Waals surface area contributed by atoms with Crippen LogP contribution in [0.4, 0.5) is 10.5 Å². The number of likely N-dealkylation sites (tertiary alicyclic amines) is 1. The maximum atomic E-state index is 12.7. The predicted octanol–water partition coefficient (Wildman–Crippen LogP) is 3.98. The Labute approximate surface area is 183 Å². The fourth-order valence-electron chi connectivity index (χ4n) is 4.85. The maximum Gasteiger partial charge on any atom is 0.322 e. The quantitative estimate of drug-likeness (QED) is 0.819. The molecule has 3 heterocycles. The van der Waals surface area contributed by atoms with Crippen molar-refractivity contribution in [3.05, 3.63) is 65.2 Å². The average molecular weight is 420 g/mol. The number of nitrogens with one attached hydrogen (secondary N) is 1. The number of piperidine rings is 1. The fraction of sp³-hybridized carbons (Fsp3) is 0.440. The van der Waals surface area contributed by atoms with Crippen molar-refractivity contribution < 1.29 is 14.3 Å². The number of ether oxygens (including phenoxy) is 1. The van der Waals surface area contributed by atoms with E-state index in [1.807, 2.05) is 41.0 Å². The lowest BCUT2D eigenvalue weighted by Gasteiger charge is -2.42. The van der Waals surface area contributed by atoms with Gasteiger partial charge in [-0.25, -0.2) is 4.79 Å². The standard InChI is InChI=1S/C25H29N3O3/c1-25(16-31-17-25)23(29)27-12-10-19(11-13-27)18-6-8-22(9-7-18)26-24(30)28-14-20-4-2-3-5-21(20)15-28/h2-9,19H,10-17H2,1H3,(H,26,30). The molecule has 0 aromatic heterocycles. The lowest BCUT2D eigenvalue weighted by Crippen LogP contribution is -2.54. The summed E-state index contributed by atoms with van der Waals surface area (Å²) in [6.45, 7) is 6.00. The van der Waals surface area contributed by atoms with Gasteiger partial charge in [-0.05, 0) is 54.5 Å². The molecule has 5 rings (SSSR count). The van der Waals surface area contributed by atoms with E-state index < -0.39 is 0 Å². The Morgan fingerprint density at radius 2 is 1.55 bits per heavy atom. The summed E-state index contributed by atoms with van der Waals surface area (Å²) in [4.78, 5) is 29.2. The lowest BCUT2D eigenvalue weighted by atomic mass is 9.84. The monoisotopic (exact) mass is 419 g/mol. The SMILES string of the molecule is CC1(C(=O)N2CCC(c3ccc(NC(=O)N4Cc5ccccc5C4)cc3)CC2)COC1. The number of urea groups is 1. The molecule has 2 aromatic rings. The Hall–Kier alpha value is -2.86. The average Bonchev–Trinajstić information content (AvgIpc) is 3.22. The first-order chi connectivity index (χ1) is 15.0. The molecule has 0 radical (unpaired) electrons. The highest BCUT2D eigenvalue weighted by molar-refractivity contribution is 5.89. The molecule has 0 unspecified atom stereocenters. The smallest absolute Gasteiger partial charge is 0.322 e. The number of hydrogen-bond acceptors (Lipinski definition) is 3. The zero-order valence-corrected chi connectivity index (χ0v) is 18.0. The van der Waals surface area contributed by atoms with E-state index in [-0.39, 0.29) is 17.4 Å². The normalized spacial score (nSPS) is 20.2. The molecule has 0 saturated carbocycles. The molecular weight excluding hydrogens is 390 g/mol. The highest BCUT2D eigenvalue weighted by Gasteiger charge is 2.44. The van der Waals surface area contributed by atoms with Crippen molar-refractivity contribution in [1.82, 2.24) is 9.80 Å². The van der Waals surface area contributed by atoms with Gasteiger partial charge in [-0.15, -0.1) is 0 Å². The molecule has 3 amide bonds. The first-order valence-electron chi connectivity index (χ1n) is 11.1. The molecule has 0 bridgehead atoms. The van der Waals surface area contributed by atoms with Gasteiger partial charge in [0.15, 0.2) is 0 Å². The topological polar surface area (TPSA) is 61.9 Å². The second-order valence-electron chi connectivity index (χ2n) is 9.30. The van der Waals surface area contributed by atoms with Crippen LogP contribution in [0.3, 0.4) is 0 Å². The van der Waals surface area contributed by atoms with Crippen molar-refractivity contribution in [3.63, 3.8) is 0 Å². The van der Waals surface area contributed by atoms with Crippen molar-refractivity contribution in [2.75, 3.05) is 31.6 Å². The number of amides is 3. The summed E-state index contributed by atoms with van der Waals surface area (Å²) in [6.07, 6.45) is 1.95. The third kappa shape index (κ3) is 3.92. The molecule has 2 aromatic carbocycles. The van der Waals surface area contributed by atoms with E-state index in [4.69, 9.17) is 4.74 Å². The van der Waals surface area contributed by atoms with Crippen LogP contribution >= 0.6 is 0 Å². The highest BCUT2D eigenvalue weighted by atomic mass is 16.5. The van der Waals surface area contributed by atoms with Gasteiger partial charge in [0.2, 0.25) is 5.91 Å². The van der Waals surface area contributed by atoms with Crippen LogP contribution in [-0.2, 0) is 22.6 Å². The maximum absolute atomic E-state index is 12.7. The minimum Gasteiger partial charge on any atom is -0.379 e. The molecular formula is C25H29N3O3. The summed E-state index contributed by atoms with van der Waals surface area (Å²) >= 11 is 0. The number of benzene rings is 2. The van der Waals surface area contributed by atoms with Gasteiger partial charge in [-0.3, -0.25) is 4.79 Å². The first kappa shape index (κ1) is 20.1. The Morgan fingerprint density at radius 1 is 0.935 bits per heavy atom. The molecule has 6 heteroatoms. The number of fused-ring (bicyclic) bond motifs is 1. The second kappa shape index (κ2) is 8.00. The number of nitrogens with zero attached hydrogens (tertiary/aromatic N) is 2. The van der Waals surface area contributed by atoms with Crippen molar-refractivity contribution in [2.24, 2.45) is 5.41 Å². The van der Waals surface area contributed by atoms with Gasteiger partial charge in [0, 0.05) is 31.9 Å². The van der Waals surface area contributed by atoms with Gasteiger partial charge in [-0.2, -0.15) is 0 Å². The molecule has 1 N–H and O–H groups in total. The largest absolute Gasteiger partial charge is 0.379 e. The van der Waals surface area contributed by atoms with Gasteiger partial charge < -0.3 is 19.9 Å². The fourth-order valence-corrected chi connectivity index (χ4v) is 4.85. The van der Waals surface area contributed by atoms with Gasteiger partial charge in [0.1, 0.15) is 0 Å². The summed E-state index contributed by atoms with van der Waals surface area (Å²) < 4.78 is 5.25. The molecule has 31 heavy (non-hydrogen) atoms. The lowest BCUT2D eigenvalue weighted by molar-refractivity contribution is -0.169. The molecule has 2 saturated heterocycles. The van der Waals surface area contributed by atoms with E-state index in [1.54, 1.807) is 0 Å².